The lowest BCUT2D eigenvalue weighted by Gasteiger charge is -2.41. The van der Waals surface area contributed by atoms with E-state index in [9.17, 15) is 14.7 Å². The fourth-order valence-electron chi connectivity index (χ4n) is 3.98. The molecule has 9 nitrogen and oxygen atoms in total. The number of carboxylic acids is 1. The summed E-state index contributed by atoms with van der Waals surface area (Å²) in [6.07, 6.45) is 2.63. The molecule has 1 aliphatic heterocycles. The lowest BCUT2D eigenvalue weighted by Crippen LogP contribution is -2.45. The number of piperidine rings is 1. The van der Waals surface area contributed by atoms with Gasteiger partial charge in [-0.1, -0.05) is 6.08 Å². The van der Waals surface area contributed by atoms with Gasteiger partial charge in [0.1, 0.15) is 11.5 Å². The maximum atomic E-state index is 12.3. The number of fused-ring (bicyclic) bond motifs is 1. The van der Waals surface area contributed by atoms with Crippen molar-refractivity contribution in [3.05, 3.63) is 35.7 Å². The van der Waals surface area contributed by atoms with Gasteiger partial charge in [0, 0.05) is 24.8 Å². The third kappa shape index (κ3) is 4.99. The van der Waals surface area contributed by atoms with Crippen molar-refractivity contribution in [3.63, 3.8) is 0 Å². The number of aryl methyl sites for hydroxylation is 1. The summed E-state index contributed by atoms with van der Waals surface area (Å²) >= 11 is 0. The summed E-state index contributed by atoms with van der Waals surface area (Å²) in [5.74, 6) is -0.521. The van der Waals surface area contributed by atoms with E-state index in [0.717, 1.165) is 12.8 Å². The number of anilines is 1. The van der Waals surface area contributed by atoms with E-state index in [4.69, 9.17) is 9.47 Å². The summed E-state index contributed by atoms with van der Waals surface area (Å²) in [6.45, 7) is 14.7. The zero-order valence-corrected chi connectivity index (χ0v) is 19.4. The van der Waals surface area contributed by atoms with Crippen molar-refractivity contribution in [1.29, 1.82) is 0 Å². The largest absolute Gasteiger partial charge is 0.479 e. The highest BCUT2D eigenvalue weighted by Crippen LogP contribution is 2.37. The molecule has 1 aliphatic rings. The van der Waals surface area contributed by atoms with E-state index in [0.29, 0.717) is 48.7 Å². The number of nitrogens with zero attached hydrogens (tertiary/aromatic N) is 4. The van der Waals surface area contributed by atoms with Crippen LogP contribution in [0.3, 0.4) is 0 Å². The summed E-state index contributed by atoms with van der Waals surface area (Å²) in [5.41, 5.74) is 0.695. The molecular formula is C23H32N4O5. The van der Waals surface area contributed by atoms with Crippen molar-refractivity contribution in [2.24, 2.45) is 0 Å². The minimum Gasteiger partial charge on any atom is -0.479 e. The average molecular weight is 445 g/mol. The van der Waals surface area contributed by atoms with Gasteiger partial charge in [0.15, 0.2) is 18.0 Å². The molecule has 1 atom stereocenters. The molecule has 32 heavy (non-hydrogen) atoms. The van der Waals surface area contributed by atoms with Crippen molar-refractivity contribution in [3.8, 4) is 0 Å². The van der Waals surface area contributed by atoms with E-state index in [1.165, 1.54) is 0 Å². The molecule has 9 heteroatoms. The summed E-state index contributed by atoms with van der Waals surface area (Å²) < 4.78 is 13.5. The predicted octanol–water partition coefficient (Wildman–Crippen LogP) is 3.35. The Balaban J connectivity index is 2.13. The summed E-state index contributed by atoms with van der Waals surface area (Å²) in [4.78, 5) is 30.3. The molecule has 0 saturated carbocycles. The van der Waals surface area contributed by atoms with Gasteiger partial charge in [-0.05, 0) is 47.5 Å². The Bertz CT molecular complexity index is 1020. The van der Waals surface area contributed by atoms with Gasteiger partial charge in [-0.3, -0.25) is 4.79 Å². The molecule has 1 N–H and O–H groups in total. The average Bonchev–Trinajstić information content (AvgIpc) is 3.12. The second-order valence-electron chi connectivity index (χ2n) is 9.38. The van der Waals surface area contributed by atoms with Crippen LogP contribution in [0.4, 0.5) is 5.82 Å². The Labute approximate surface area is 188 Å². The van der Waals surface area contributed by atoms with Crippen LogP contribution in [0.1, 0.15) is 68.4 Å². The number of carbonyl (C=O) groups excluding carboxylic acids is 1. The monoisotopic (exact) mass is 444 g/mol. The number of hydrogen-bond donors (Lipinski definition) is 1. The number of carboxylic acid groups (broad SMARTS) is 1. The fourth-order valence-corrected chi connectivity index (χ4v) is 3.98. The number of ether oxygens (including phenoxy) is 2. The van der Waals surface area contributed by atoms with Crippen molar-refractivity contribution < 1.29 is 24.2 Å². The molecule has 1 unspecified atom stereocenters. The molecule has 174 valence electrons. The van der Waals surface area contributed by atoms with Gasteiger partial charge in [-0.25, -0.2) is 9.78 Å². The predicted molar refractivity (Wildman–Crippen MR) is 120 cm³/mol. The zero-order valence-electron chi connectivity index (χ0n) is 19.4. The van der Waals surface area contributed by atoms with Crippen LogP contribution in [-0.4, -0.2) is 62.9 Å². The highest BCUT2D eigenvalue weighted by atomic mass is 16.5. The number of rotatable bonds is 8. The quantitative estimate of drug-likeness (QED) is 0.488. The van der Waals surface area contributed by atoms with Gasteiger partial charge in [-0.2, -0.15) is 9.61 Å². The number of aldehydes is 1. The van der Waals surface area contributed by atoms with E-state index in [2.05, 4.69) is 28.5 Å². The number of carbonyl (C=O) groups is 2. The van der Waals surface area contributed by atoms with E-state index in [1.54, 1.807) is 23.6 Å². The SMILES string of the molecule is C=CCOC1(C)CCN(c2c(C(OC(C)(C)C)C(=O)O)c(C)nc3cc(C=O)nn23)CC1. The van der Waals surface area contributed by atoms with Crippen LogP contribution < -0.4 is 4.90 Å². The Hall–Kier alpha value is -2.78. The van der Waals surface area contributed by atoms with Crippen LogP contribution in [0.25, 0.3) is 5.65 Å². The van der Waals surface area contributed by atoms with E-state index in [-0.39, 0.29) is 11.3 Å². The summed E-state index contributed by atoms with van der Waals surface area (Å²) in [7, 11) is 0. The van der Waals surface area contributed by atoms with Crippen LogP contribution >= 0.6 is 0 Å². The number of aromatic nitrogens is 3. The van der Waals surface area contributed by atoms with Crippen LogP contribution in [-0.2, 0) is 14.3 Å². The van der Waals surface area contributed by atoms with Crippen molar-refractivity contribution in [2.75, 3.05) is 24.6 Å². The maximum Gasteiger partial charge on any atom is 0.337 e. The van der Waals surface area contributed by atoms with Crippen LogP contribution in [0, 0.1) is 6.92 Å². The molecule has 1 fully saturated rings. The van der Waals surface area contributed by atoms with Crippen molar-refractivity contribution in [1.82, 2.24) is 14.6 Å². The molecule has 0 aliphatic carbocycles. The normalized spacial score (nSPS) is 17.3. The first-order valence-corrected chi connectivity index (χ1v) is 10.7. The zero-order chi connectivity index (χ0) is 23.7. The Morgan fingerprint density at radius 1 is 1.38 bits per heavy atom. The van der Waals surface area contributed by atoms with Crippen LogP contribution in [0.15, 0.2) is 18.7 Å². The van der Waals surface area contributed by atoms with E-state index in [1.807, 2.05) is 20.8 Å². The molecule has 0 spiro atoms. The third-order valence-electron chi connectivity index (χ3n) is 5.57. The second kappa shape index (κ2) is 8.99. The summed E-state index contributed by atoms with van der Waals surface area (Å²) in [6, 6.07) is 1.59. The molecule has 0 bridgehead atoms. The van der Waals surface area contributed by atoms with E-state index < -0.39 is 17.7 Å². The molecule has 2 aromatic heterocycles. The number of hydrogen-bond acceptors (Lipinski definition) is 7. The molecule has 2 aromatic rings. The van der Waals surface area contributed by atoms with E-state index >= 15 is 0 Å². The Morgan fingerprint density at radius 2 is 2.03 bits per heavy atom. The summed E-state index contributed by atoms with van der Waals surface area (Å²) in [5, 5.41) is 14.4. The smallest absolute Gasteiger partial charge is 0.337 e. The maximum absolute atomic E-state index is 12.3. The van der Waals surface area contributed by atoms with Gasteiger partial charge < -0.3 is 19.5 Å². The minimum absolute atomic E-state index is 0.232. The number of aliphatic carboxylic acids is 1. The second-order valence-corrected chi connectivity index (χ2v) is 9.38. The van der Waals surface area contributed by atoms with Gasteiger partial charge in [0.25, 0.3) is 0 Å². The highest BCUT2D eigenvalue weighted by Gasteiger charge is 2.37. The fraction of sp³-hybridized carbons (Fsp3) is 0.565. The Kier molecular flexibility index (Phi) is 6.71. The van der Waals surface area contributed by atoms with Crippen LogP contribution in [0.2, 0.25) is 0 Å². The van der Waals surface area contributed by atoms with Crippen molar-refractivity contribution >= 4 is 23.7 Å². The molecule has 3 rings (SSSR count). The van der Waals surface area contributed by atoms with Gasteiger partial charge in [0.2, 0.25) is 0 Å². The van der Waals surface area contributed by atoms with Gasteiger partial charge in [-0.15, -0.1) is 6.58 Å². The highest BCUT2D eigenvalue weighted by molar-refractivity contribution is 5.79. The lowest BCUT2D eigenvalue weighted by atomic mass is 9.92. The Morgan fingerprint density at radius 3 is 2.56 bits per heavy atom. The topological polar surface area (TPSA) is 106 Å². The van der Waals surface area contributed by atoms with Gasteiger partial charge >= 0.3 is 5.97 Å². The minimum atomic E-state index is -1.24. The molecular weight excluding hydrogens is 412 g/mol. The standard InChI is InChI=1S/C23H32N4O5/c1-7-12-31-23(6)8-10-26(11-9-23)20-18(19(21(29)30)32-22(3,4)5)15(2)24-17-13-16(14-28)25-27(17)20/h7,13-14,19H,1,8-12H2,2-6H3,(H,29,30). The molecule has 1 saturated heterocycles. The first kappa shape index (κ1) is 23.9. The van der Waals surface area contributed by atoms with Gasteiger partial charge in [0.05, 0.1) is 23.4 Å². The molecule has 3 heterocycles. The van der Waals surface area contributed by atoms with Crippen LogP contribution in [0.5, 0.6) is 0 Å². The van der Waals surface area contributed by atoms with Crippen molar-refractivity contribution in [2.45, 2.75) is 64.8 Å². The lowest BCUT2D eigenvalue weighted by molar-refractivity contribution is -0.160. The first-order chi connectivity index (χ1) is 15.0. The first-order valence-electron chi connectivity index (χ1n) is 10.7. The third-order valence-corrected chi connectivity index (χ3v) is 5.57. The molecule has 0 amide bonds. The molecule has 0 radical (unpaired) electrons. The molecule has 0 aromatic carbocycles.